The number of anilines is 1. The van der Waals surface area contributed by atoms with Crippen molar-refractivity contribution in [3.05, 3.63) is 24.0 Å². The molecule has 1 aromatic rings. The van der Waals surface area contributed by atoms with E-state index >= 15 is 0 Å². The lowest BCUT2D eigenvalue weighted by Crippen LogP contribution is -2.12. The minimum atomic E-state index is -0.206. The van der Waals surface area contributed by atoms with Crippen LogP contribution in [0.15, 0.2) is 18.3 Å². The van der Waals surface area contributed by atoms with E-state index in [1.165, 1.54) is 0 Å². The number of rotatable bonds is 2. The molecule has 0 aliphatic rings. The number of nitrogens with one attached hydrogen (secondary N) is 1. The Balaban J connectivity index is 2.69. The first kappa shape index (κ1) is 9.00. The van der Waals surface area contributed by atoms with Crippen LogP contribution >= 0.6 is 11.6 Å². The molecule has 0 fully saturated rings. The second kappa shape index (κ2) is 4.07. The molecular formula is C8H9ClN2O. The van der Waals surface area contributed by atoms with Gasteiger partial charge in [0, 0.05) is 17.6 Å². The standard InChI is InChI=1S/C8H9ClN2O/c1-6-4-7(2-3-10-6)11-8(12)5-9/h2-4H,5H2,1H3,(H,10,11,12). The van der Waals surface area contributed by atoms with E-state index in [4.69, 9.17) is 11.6 Å². The molecule has 0 bridgehead atoms. The fraction of sp³-hybridized carbons (Fsp3) is 0.250. The Bertz CT molecular complexity index is 288. The van der Waals surface area contributed by atoms with E-state index in [1.54, 1.807) is 18.3 Å². The third kappa shape index (κ3) is 2.51. The number of hydrogen-bond acceptors (Lipinski definition) is 2. The molecule has 1 heterocycles. The summed E-state index contributed by atoms with van der Waals surface area (Å²) in [6, 6.07) is 3.50. The summed E-state index contributed by atoms with van der Waals surface area (Å²) >= 11 is 5.31. The van der Waals surface area contributed by atoms with Gasteiger partial charge < -0.3 is 5.32 Å². The molecule has 0 aliphatic carbocycles. The molecule has 12 heavy (non-hydrogen) atoms. The van der Waals surface area contributed by atoms with Gasteiger partial charge in [0.05, 0.1) is 0 Å². The number of aryl methyl sites for hydroxylation is 1. The number of alkyl halides is 1. The molecule has 1 N–H and O–H groups in total. The summed E-state index contributed by atoms with van der Waals surface area (Å²) in [7, 11) is 0. The van der Waals surface area contributed by atoms with Crippen LogP contribution < -0.4 is 5.32 Å². The van der Waals surface area contributed by atoms with Gasteiger partial charge in [-0.25, -0.2) is 0 Å². The average molecular weight is 185 g/mol. The summed E-state index contributed by atoms with van der Waals surface area (Å²) in [5, 5.41) is 2.62. The number of pyridine rings is 1. The Labute approximate surface area is 75.8 Å². The van der Waals surface area contributed by atoms with Crippen molar-refractivity contribution >= 4 is 23.2 Å². The maximum absolute atomic E-state index is 10.8. The maximum Gasteiger partial charge on any atom is 0.239 e. The van der Waals surface area contributed by atoms with Crippen LogP contribution in [0.25, 0.3) is 0 Å². The molecule has 0 unspecified atom stereocenters. The molecule has 4 heteroatoms. The molecule has 0 aliphatic heterocycles. The average Bonchev–Trinajstić information content (AvgIpc) is 2.04. The first-order valence-corrected chi connectivity index (χ1v) is 4.04. The van der Waals surface area contributed by atoms with Gasteiger partial charge in [-0.3, -0.25) is 9.78 Å². The molecule has 64 valence electrons. The lowest BCUT2D eigenvalue weighted by Gasteiger charge is -2.01. The third-order valence-corrected chi connectivity index (χ3v) is 1.54. The van der Waals surface area contributed by atoms with Crippen LogP contribution in [0, 0.1) is 6.92 Å². The predicted molar refractivity (Wildman–Crippen MR) is 48.3 cm³/mol. The molecule has 0 atom stereocenters. The van der Waals surface area contributed by atoms with Crippen molar-refractivity contribution in [1.82, 2.24) is 4.98 Å². The first-order valence-electron chi connectivity index (χ1n) is 3.51. The van der Waals surface area contributed by atoms with Crippen molar-refractivity contribution in [2.45, 2.75) is 6.92 Å². The van der Waals surface area contributed by atoms with E-state index in [9.17, 15) is 4.79 Å². The van der Waals surface area contributed by atoms with Gasteiger partial charge in [0.15, 0.2) is 0 Å². The molecule has 0 radical (unpaired) electrons. The molecule has 1 rings (SSSR count). The molecule has 0 spiro atoms. The van der Waals surface area contributed by atoms with Crippen molar-refractivity contribution in [3.8, 4) is 0 Å². The number of hydrogen-bond donors (Lipinski definition) is 1. The molecule has 0 aromatic carbocycles. The van der Waals surface area contributed by atoms with Crippen molar-refractivity contribution < 1.29 is 4.79 Å². The Morgan fingerprint density at radius 2 is 2.50 bits per heavy atom. The summed E-state index contributed by atoms with van der Waals surface area (Å²) in [6.07, 6.45) is 1.64. The summed E-state index contributed by atoms with van der Waals surface area (Å²) < 4.78 is 0. The summed E-state index contributed by atoms with van der Waals surface area (Å²) in [4.78, 5) is 14.8. The van der Waals surface area contributed by atoms with Crippen LogP contribution in [0.2, 0.25) is 0 Å². The van der Waals surface area contributed by atoms with Gasteiger partial charge in [-0.05, 0) is 19.1 Å². The zero-order chi connectivity index (χ0) is 8.97. The van der Waals surface area contributed by atoms with E-state index in [0.717, 1.165) is 11.4 Å². The Kier molecular flexibility index (Phi) is 3.05. The van der Waals surface area contributed by atoms with Crippen molar-refractivity contribution in [1.29, 1.82) is 0 Å². The normalized spacial score (nSPS) is 9.50. The van der Waals surface area contributed by atoms with E-state index in [1.807, 2.05) is 6.92 Å². The van der Waals surface area contributed by atoms with Gasteiger partial charge >= 0.3 is 0 Å². The highest BCUT2D eigenvalue weighted by Gasteiger charge is 1.98. The zero-order valence-electron chi connectivity index (χ0n) is 6.67. The van der Waals surface area contributed by atoms with E-state index in [0.29, 0.717) is 0 Å². The van der Waals surface area contributed by atoms with Gasteiger partial charge in [-0.1, -0.05) is 0 Å². The quantitative estimate of drug-likeness (QED) is 0.709. The lowest BCUT2D eigenvalue weighted by atomic mass is 10.3. The summed E-state index contributed by atoms with van der Waals surface area (Å²) in [5.74, 6) is -0.233. The smallest absolute Gasteiger partial charge is 0.239 e. The van der Waals surface area contributed by atoms with Crippen molar-refractivity contribution in [2.75, 3.05) is 11.2 Å². The number of nitrogens with zero attached hydrogens (tertiary/aromatic N) is 1. The Morgan fingerprint density at radius 1 is 1.75 bits per heavy atom. The van der Waals surface area contributed by atoms with Crippen LogP contribution in [-0.4, -0.2) is 16.8 Å². The molecule has 3 nitrogen and oxygen atoms in total. The molecule has 1 aromatic heterocycles. The van der Waals surface area contributed by atoms with Crippen LogP contribution in [0.4, 0.5) is 5.69 Å². The van der Waals surface area contributed by atoms with Gasteiger partial charge in [0.25, 0.3) is 0 Å². The number of aromatic nitrogens is 1. The number of amides is 1. The topological polar surface area (TPSA) is 42.0 Å². The monoisotopic (exact) mass is 184 g/mol. The summed E-state index contributed by atoms with van der Waals surface area (Å²) in [6.45, 7) is 1.86. The zero-order valence-corrected chi connectivity index (χ0v) is 7.43. The van der Waals surface area contributed by atoms with Gasteiger partial charge in [0.2, 0.25) is 5.91 Å². The van der Waals surface area contributed by atoms with Crippen LogP contribution in [0.1, 0.15) is 5.69 Å². The van der Waals surface area contributed by atoms with Crippen molar-refractivity contribution in [3.63, 3.8) is 0 Å². The summed E-state index contributed by atoms with van der Waals surface area (Å²) in [5.41, 5.74) is 1.59. The van der Waals surface area contributed by atoms with Crippen LogP contribution in [0.3, 0.4) is 0 Å². The van der Waals surface area contributed by atoms with Gasteiger partial charge in [-0.15, -0.1) is 11.6 Å². The highest BCUT2D eigenvalue weighted by molar-refractivity contribution is 6.29. The van der Waals surface area contributed by atoms with E-state index < -0.39 is 0 Å². The molecular weight excluding hydrogens is 176 g/mol. The van der Waals surface area contributed by atoms with Gasteiger partial charge in [-0.2, -0.15) is 0 Å². The molecule has 1 amide bonds. The Morgan fingerprint density at radius 3 is 3.08 bits per heavy atom. The van der Waals surface area contributed by atoms with Gasteiger partial charge in [0.1, 0.15) is 5.88 Å². The van der Waals surface area contributed by atoms with Crippen molar-refractivity contribution in [2.24, 2.45) is 0 Å². The molecule has 0 saturated heterocycles. The fourth-order valence-electron chi connectivity index (χ4n) is 0.818. The van der Waals surface area contributed by atoms with E-state index in [2.05, 4.69) is 10.3 Å². The SMILES string of the molecule is Cc1cc(NC(=O)CCl)ccn1. The number of carbonyl (C=O) groups is 1. The number of carbonyl (C=O) groups excluding carboxylic acids is 1. The van der Waals surface area contributed by atoms with E-state index in [-0.39, 0.29) is 11.8 Å². The number of halogens is 1. The maximum atomic E-state index is 10.8. The van der Waals surface area contributed by atoms with Crippen LogP contribution in [0.5, 0.6) is 0 Å². The highest BCUT2D eigenvalue weighted by Crippen LogP contribution is 2.06. The minimum absolute atomic E-state index is 0.0264. The largest absolute Gasteiger partial charge is 0.325 e. The minimum Gasteiger partial charge on any atom is -0.325 e. The Hall–Kier alpha value is -1.09. The second-order valence-electron chi connectivity index (χ2n) is 2.37. The lowest BCUT2D eigenvalue weighted by molar-refractivity contribution is -0.113. The molecule has 0 saturated carbocycles. The second-order valence-corrected chi connectivity index (χ2v) is 2.63. The fourth-order valence-corrected chi connectivity index (χ4v) is 0.885. The predicted octanol–water partition coefficient (Wildman–Crippen LogP) is 1.57. The highest BCUT2D eigenvalue weighted by atomic mass is 35.5. The van der Waals surface area contributed by atoms with Crippen LogP contribution in [-0.2, 0) is 4.79 Å². The third-order valence-electron chi connectivity index (χ3n) is 1.30. The first-order chi connectivity index (χ1) is 5.72.